The first kappa shape index (κ1) is 17.4. The summed E-state index contributed by atoms with van der Waals surface area (Å²) in [7, 11) is 0. The van der Waals surface area contributed by atoms with Crippen molar-refractivity contribution in [2.45, 2.75) is 38.6 Å². The number of nitrogens with zero attached hydrogens (tertiary/aromatic N) is 1. The van der Waals surface area contributed by atoms with Gasteiger partial charge in [0.25, 0.3) is 0 Å². The summed E-state index contributed by atoms with van der Waals surface area (Å²) >= 11 is 9.55. The van der Waals surface area contributed by atoms with Crippen LogP contribution in [0.25, 0.3) is 10.9 Å². The lowest BCUT2D eigenvalue weighted by Crippen LogP contribution is -2.50. The Balaban J connectivity index is 1.88. The van der Waals surface area contributed by atoms with E-state index >= 15 is 0 Å². The predicted molar refractivity (Wildman–Crippen MR) is 112 cm³/mol. The zero-order valence-electron chi connectivity index (χ0n) is 14.5. The molecule has 4 rings (SSSR count). The summed E-state index contributed by atoms with van der Waals surface area (Å²) < 4.78 is 2.34. The van der Waals surface area contributed by atoms with Gasteiger partial charge in [-0.15, -0.1) is 0 Å². The number of benzene rings is 1. The van der Waals surface area contributed by atoms with Gasteiger partial charge in [0, 0.05) is 34.1 Å². The molecule has 2 heterocycles. The van der Waals surface area contributed by atoms with Crippen molar-refractivity contribution < 1.29 is 0 Å². The predicted octanol–water partition coefficient (Wildman–Crippen LogP) is 5.71. The summed E-state index contributed by atoms with van der Waals surface area (Å²) in [5.41, 5.74) is 5.71. The maximum absolute atomic E-state index is 3.78. The first-order valence-corrected chi connectivity index (χ1v) is 11.7. The summed E-state index contributed by atoms with van der Waals surface area (Å²) in [5.74, 6) is 2.74. The molecule has 1 aromatic carbocycles. The molecule has 2 aromatic rings. The molecule has 0 saturated carbocycles. The summed E-state index contributed by atoms with van der Waals surface area (Å²) in [4.78, 5) is 6.39. The summed E-state index contributed by atoms with van der Waals surface area (Å²) in [6, 6.07) is 3.04. The van der Waals surface area contributed by atoms with Crippen molar-refractivity contribution in [1.29, 1.82) is 0 Å². The molecule has 3 atom stereocenters. The van der Waals surface area contributed by atoms with Crippen molar-refractivity contribution in [3.8, 4) is 0 Å². The fourth-order valence-electron chi connectivity index (χ4n) is 4.93. The first-order chi connectivity index (χ1) is 11.5. The minimum Gasteiger partial charge on any atom is -0.357 e. The van der Waals surface area contributed by atoms with Gasteiger partial charge in [-0.25, -0.2) is 0 Å². The van der Waals surface area contributed by atoms with Crippen LogP contribution in [0, 0.1) is 12.8 Å². The average molecular weight is 472 g/mol. The number of likely N-dealkylation sites (N-methyl/N-ethyl adjacent to an activating group) is 1. The molecule has 5 heteroatoms. The second-order valence-electron chi connectivity index (χ2n) is 7.26. The van der Waals surface area contributed by atoms with E-state index in [1.807, 2.05) is 11.8 Å². The molecule has 1 N–H and O–H groups in total. The van der Waals surface area contributed by atoms with E-state index in [0.717, 1.165) is 16.9 Å². The molecule has 24 heavy (non-hydrogen) atoms. The highest BCUT2D eigenvalue weighted by Gasteiger charge is 2.41. The number of rotatable bonds is 3. The minimum absolute atomic E-state index is 0.658. The molecule has 1 saturated heterocycles. The highest BCUT2D eigenvalue weighted by molar-refractivity contribution is 9.13. The molecule has 1 aliphatic carbocycles. The minimum atomic E-state index is 0.658. The maximum atomic E-state index is 3.78. The van der Waals surface area contributed by atoms with Gasteiger partial charge in [-0.05, 0) is 93.3 Å². The number of hydrogen-bond donors (Lipinski definition) is 1. The standard InChI is InChI=1S/C19H24Br2N2S/c1-4-23-8-11(9-24-3)5-13-14-6-15(20)18(21)19-17(14)12(7-16(13)23)10(2)22-19/h6,11,13,16,22H,4-5,7-9H2,1-3H3/t11-,13-,16-/m1/s1. The molecule has 0 spiro atoms. The van der Waals surface area contributed by atoms with Gasteiger partial charge >= 0.3 is 0 Å². The number of H-pyrrole nitrogens is 1. The average Bonchev–Trinajstić information content (AvgIpc) is 2.90. The SMILES string of the molecule is CCN1C[C@H](CSC)C[C@@H]2c3cc(Br)c(Br)c4[nH]c(C)c(c34)C[C@H]21. The molecule has 1 aromatic heterocycles. The quantitative estimate of drug-likeness (QED) is 0.617. The van der Waals surface area contributed by atoms with E-state index in [4.69, 9.17) is 0 Å². The van der Waals surface area contributed by atoms with Crippen LogP contribution in [0.5, 0.6) is 0 Å². The molecular formula is C19H24Br2N2S. The second kappa shape index (κ2) is 6.64. The maximum Gasteiger partial charge on any atom is 0.0617 e. The van der Waals surface area contributed by atoms with Crippen LogP contribution in [0.4, 0.5) is 0 Å². The lowest BCUT2D eigenvalue weighted by molar-refractivity contribution is 0.0983. The normalized spacial score (nSPS) is 26.8. The molecule has 0 unspecified atom stereocenters. The van der Waals surface area contributed by atoms with E-state index in [1.54, 1.807) is 5.56 Å². The van der Waals surface area contributed by atoms with Crippen LogP contribution in [0.1, 0.15) is 36.1 Å². The lowest BCUT2D eigenvalue weighted by Gasteiger charge is -2.47. The Morgan fingerprint density at radius 2 is 2.17 bits per heavy atom. The molecule has 2 aliphatic rings. The molecule has 0 radical (unpaired) electrons. The van der Waals surface area contributed by atoms with Crippen molar-refractivity contribution in [2.24, 2.45) is 5.92 Å². The number of aromatic amines is 1. The second-order valence-corrected chi connectivity index (χ2v) is 9.82. The highest BCUT2D eigenvalue weighted by atomic mass is 79.9. The number of piperidine rings is 1. The smallest absolute Gasteiger partial charge is 0.0617 e. The summed E-state index contributed by atoms with van der Waals surface area (Å²) in [5, 5.41) is 1.49. The number of hydrogen-bond acceptors (Lipinski definition) is 2. The van der Waals surface area contributed by atoms with Gasteiger partial charge < -0.3 is 4.98 Å². The molecule has 1 fully saturated rings. The monoisotopic (exact) mass is 470 g/mol. The van der Waals surface area contributed by atoms with Crippen LogP contribution in [0.3, 0.4) is 0 Å². The number of aromatic nitrogens is 1. The van der Waals surface area contributed by atoms with E-state index in [9.17, 15) is 0 Å². The third-order valence-electron chi connectivity index (χ3n) is 5.95. The van der Waals surface area contributed by atoms with E-state index in [-0.39, 0.29) is 0 Å². The van der Waals surface area contributed by atoms with Crippen LogP contribution in [-0.4, -0.2) is 41.0 Å². The van der Waals surface area contributed by atoms with Gasteiger partial charge in [-0.1, -0.05) is 6.92 Å². The Hall–Kier alpha value is 0.0300. The third kappa shape index (κ3) is 2.62. The van der Waals surface area contributed by atoms with Crippen LogP contribution >= 0.6 is 43.6 Å². The van der Waals surface area contributed by atoms with Gasteiger partial charge in [0.05, 0.1) is 9.99 Å². The molecule has 0 amide bonds. The first-order valence-electron chi connectivity index (χ1n) is 8.77. The van der Waals surface area contributed by atoms with Crippen LogP contribution in [0.15, 0.2) is 15.0 Å². The van der Waals surface area contributed by atoms with E-state index < -0.39 is 0 Å². The Labute approximate surface area is 165 Å². The van der Waals surface area contributed by atoms with E-state index in [0.29, 0.717) is 12.0 Å². The molecule has 0 bridgehead atoms. The Morgan fingerprint density at radius 1 is 1.38 bits per heavy atom. The van der Waals surface area contributed by atoms with Crippen molar-refractivity contribution in [3.63, 3.8) is 0 Å². The van der Waals surface area contributed by atoms with Crippen molar-refractivity contribution in [1.82, 2.24) is 9.88 Å². The zero-order chi connectivity index (χ0) is 17.0. The molecular weight excluding hydrogens is 448 g/mol. The zero-order valence-corrected chi connectivity index (χ0v) is 18.4. The number of likely N-dealkylation sites (tertiary alicyclic amines) is 1. The van der Waals surface area contributed by atoms with Crippen molar-refractivity contribution >= 4 is 54.5 Å². The Morgan fingerprint density at radius 3 is 2.88 bits per heavy atom. The lowest BCUT2D eigenvalue weighted by atomic mass is 9.72. The van der Waals surface area contributed by atoms with E-state index in [1.165, 1.54) is 51.8 Å². The van der Waals surface area contributed by atoms with Crippen molar-refractivity contribution in [3.05, 3.63) is 31.8 Å². The Kier molecular flexibility index (Phi) is 4.83. The molecule has 2 nitrogen and oxygen atoms in total. The van der Waals surface area contributed by atoms with Crippen LogP contribution in [-0.2, 0) is 6.42 Å². The summed E-state index contributed by atoms with van der Waals surface area (Å²) in [6.07, 6.45) is 4.76. The number of fused-ring (bicyclic) bond motifs is 2. The largest absolute Gasteiger partial charge is 0.357 e. The van der Waals surface area contributed by atoms with Gasteiger partial charge in [-0.2, -0.15) is 11.8 Å². The van der Waals surface area contributed by atoms with Crippen LogP contribution < -0.4 is 0 Å². The fourth-order valence-corrected chi connectivity index (χ4v) is 6.50. The summed E-state index contributed by atoms with van der Waals surface area (Å²) in [6.45, 7) is 6.98. The number of aryl methyl sites for hydroxylation is 1. The molecule has 1 aliphatic heterocycles. The topological polar surface area (TPSA) is 19.0 Å². The van der Waals surface area contributed by atoms with Crippen molar-refractivity contribution in [2.75, 3.05) is 25.1 Å². The van der Waals surface area contributed by atoms with E-state index in [2.05, 4.69) is 67.9 Å². The van der Waals surface area contributed by atoms with Gasteiger partial charge in [0.1, 0.15) is 0 Å². The number of nitrogens with one attached hydrogen (secondary N) is 1. The fraction of sp³-hybridized carbons (Fsp3) is 0.579. The molecule has 130 valence electrons. The van der Waals surface area contributed by atoms with Gasteiger partial charge in [0.2, 0.25) is 0 Å². The van der Waals surface area contributed by atoms with Gasteiger partial charge in [0.15, 0.2) is 0 Å². The van der Waals surface area contributed by atoms with Gasteiger partial charge in [-0.3, -0.25) is 4.90 Å². The number of halogens is 2. The highest BCUT2D eigenvalue weighted by Crippen LogP contribution is 2.49. The third-order valence-corrected chi connectivity index (χ3v) is 8.74. The number of thioether (sulfide) groups is 1. The van der Waals surface area contributed by atoms with Crippen LogP contribution in [0.2, 0.25) is 0 Å². The Bertz CT molecular complexity index is 786.